The molecule has 6 heteroatoms. The van der Waals surface area contributed by atoms with Crippen molar-refractivity contribution in [2.45, 2.75) is 6.54 Å². The first-order valence-electron chi connectivity index (χ1n) is 5.53. The zero-order chi connectivity index (χ0) is 12.5. The second kappa shape index (κ2) is 4.53. The van der Waals surface area contributed by atoms with Crippen molar-refractivity contribution in [3.8, 4) is 11.5 Å². The van der Waals surface area contributed by atoms with Crippen molar-refractivity contribution >= 4 is 21.6 Å². The zero-order valence-corrected chi connectivity index (χ0v) is 11.4. The van der Waals surface area contributed by atoms with Crippen LogP contribution in [0.2, 0.25) is 0 Å². The third-order valence-corrected chi connectivity index (χ3v) is 3.47. The molecule has 0 bridgehead atoms. The molecule has 0 unspecified atom stereocenters. The Hall–Kier alpha value is -1.69. The molecule has 0 saturated heterocycles. The lowest BCUT2D eigenvalue weighted by Crippen LogP contribution is -1.99. The summed E-state index contributed by atoms with van der Waals surface area (Å²) in [6, 6.07) is 3.92. The molecule has 94 valence electrons. The van der Waals surface area contributed by atoms with Crippen LogP contribution in [0.25, 0.3) is 0 Å². The Kier molecular flexibility index (Phi) is 2.87. The van der Waals surface area contributed by atoms with Crippen LogP contribution in [-0.4, -0.2) is 16.6 Å². The quantitative estimate of drug-likeness (QED) is 0.946. The van der Waals surface area contributed by atoms with E-state index in [0.717, 1.165) is 27.2 Å². The molecule has 0 aliphatic carbocycles. The van der Waals surface area contributed by atoms with E-state index in [-0.39, 0.29) is 0 Å². The maximum Gasteiger partial charge on any atom is 0.231 e. The Balaban J connectivity index is 1.76. The van der Waals surface area contributed by atoms with Crippen molar-refractivity contribution in [3.63, 3.8) is 0 Å². The van der Waals surface area contributed by atoms with Crippen molar-refractivity contribution in [1.29, 1.82) is 0 Å². The molecule has 5 nitrogen and oxygen atoms in total. The number of aryl methyl sites for hydroxylation is 1. The zero-order valence-electron chi connectivity index (χ0n) is 9.81. The number of rotatable bonds is 3. The Bertz CT molecular complexity index is 583. The molecule has 0 spiro atoms. The number of hydrogen-bond acceptors (Lipinski definition) is 4. The van der Waals surface area contributed by atoms with Gasteiger partial charge >= 0.3 is 0 Å². The first-order valence-corrected chi connectivity index (χ1v) is 6.32. The second-order valence-electron chi connectivity index (χ2n) is 4.05. The van der Waals surface area contributed by atoms with Gasteiger partial charge in [0.25, 0.3) is 0 Å². The van der Waals surface area contributed by atoms with Gasteiger partial charge in [-0.05, 0) is 17.7 Å². The summed E-state index contributed by atoms with van der Waals surface area (Å²) in [5.74, 6) is 1.58. The number of benzene rings is 1. The van der Waals surface area contributed by atoms with Gasteiger partial charge in [0.15, 0.2) is 11.5 Å². The molecule has 0 atom stereocenters. The number of nitrogens with one attached hydrogen (secondary N) is 1. The average molecular weight is 310 g/mol. The Morgan fingerprint density at radius 2 is 2.17 bits per heavy atom. The largest absolute Gasteiger partial charge is 0.454 e. The number of anilines is 1. The monoisotopic (exact) mass is 309 g/mol. The molecular weight excluding hydrogens is 298 g/mol. The molecule has 1 aliphatic rings. The average Bonchev–Trinajstić information content (AvgIpc) is 2.94. The summed E-state index contributed by atoms with van der Waals surface area (Å²) in [7, 11) is 1.89. The molecule has 0 saturated carbocycles. The van der Waals surface area contributed by atoms with Crippen molar-refractivity contribution in [2.24, 2.45) is 7.05 Å². The van der Waals surface area contributed by atoms with Crippen LogP contribution in [0.4, 0.5) is 5.69 Å². The van der Waals surface area contributed by atoms with E-state index in [9.17, 15) is 0 Å². The highest BCUT2D eigenvalue weighted by atomic mass is 79.9. The van der Waals surface area contributed by atoms with Gasteiger partial charge in [-0.15, -0.1) is 0 Å². The lowest BCUT2D eigenvalue weighted by Gasteiger charge is -2.07. The number of nitrogens with zero attached hydrogens (tertiary/aromatic N) is 2. The first kappa shape index (κ1) is 11.4. The van der Waals surface area contributed by atoms with Crippen LogP contribution < -0.4 is 14.8 Å². The fourth-order valence-electron chi connectivity index (χ4n) is 1.80. The summed E-state index contributed by atoms with van der Waals surface area (Å²) >= 11 is 3.53. The molecule has 1 aromatic carbocycles. The molecule has 0 fully saturated rings. The van der Waals surface area contributed by atoms with Gasteiger partial charge in [0.2, 0.25) is 6.79 Å². The van der Waals surface area contributed by atoms with Crippen LogP contribution in [-0.2, 0) is 13.6 Å². The smallest absolute Gasteiger partial charge is 0.231 e. The van der Waals surface area contributed by atoms with E-state index in [1.165, 1.54) is 0 Å². The van der Waals surface area contributed by atoms with E-state index in [0.29, 0.717) is 13.3 Å². The lowest BCUT2D eigenvalue weighted by molar-refractivity contribution is 0.174. The fourth-order valence-corrected chi connectivity index (χ4v) is 2.27. The van der Waals surface area contributed by atoms with Crippen molar-refractivity contribution in [3.05, 3.63) is 34.6 Å². The number of fused-ring (bicyclic) bond motifs is 1. The van der Waals surface area contributed by atoms with Crippen LogP contribution >= 0.6 is 15.9 Å². The molecule has 2 heterocycles. The number of halogens is 1. The molecule has 1 aliphatic heterocycles. The molecule has 0 amide bonds. The van der Waals surface area contributed by atoms with E-state index in [4.69, 9.17) is 9.47 Å². The van der Waals surface area contributed by atoms with Crippen LogP contribution in [0.3, 0.4) is 0 Å². The summed E-state index contributed by atoms with van der Waals surface area (Å²) in [5.41, 5.74) is 2.10. The van der Waals surface area contributed by atoms with Gasteiger partial charge in [-0.25, -0.2) is 0 Å². The van der Waals surface area contributed by atoms with Gasteiger partial charge in [0.1, 0.15) is 0 Å². The fraction of sp³-hybridized carbons (Fsp3) is 0.250. The normalized spacial score (nSPS) is 12.8. The summed E-state index contributed by atoms with van der Waals surface area (Å²) < 4.78 is 13.4. The van der Waals surface area contributed by atoms with Gasteiger partial charge < -0.3 is 14.8 Å². The highest BCUT2D eigenvalue weighted by Crippen LogP contribution is 2.37. The van der Waals surface area contributed by atoms with Crippen LogP contribution in [0.5, 0.6) is 11.5 Å². The van der Waals surface area contributed by atoms with Crippen LogP contribution in [0.15, 0.2) is 29.0 Å². The van der Waals surface area contributed by atoms with E-state index in [2.05, 4.69) is 26.3 Å². The third kappa shape index (κ3) is 2.15. The third-order valence-electron chi connectivity index (χ3n) is 2.73. The molecule has 1 N–H and O–H groups in total. The number of aromatic nitrogens is 2. The summed E-state index contributed by atoms with van der Waals surface area (Å²) in [6.45, 7) is 0.990. The van der Waals surface area contributed by atoms with Crippen molar-refractivity contribution in [1.82, 2.24) is 9.78 Å². The van der Waals surface area contributed by atoms with E-state index in [1.54, 1.807) is 10.9 Å². The second-order valence-corrected chi connectivity index (χ2v) is 4.91. The first-order chi connectivity index (χ1) is 8.72. The summed E-state index contributed by atoms with van der Waals surface area (Å²) in [5, 5.41) is 7.41. The molecule has 3 rings (SSSR count). The van der Waals surface area contributed by atoms with Crippen molar-refractivity contribution in [2.75, 3.05) is 12.1 Å². The molecule has 18 heavy (non-hydrogen) atoms. The van der Waals surface area contributed by atoms with E-state index >= 15 is 0 Å². The van der Waals surface area contributed by atoms with Crippen molar-refractivity contribution < 1.29 is 9.47 Å². The highest BCUT2D eigenvalue weighted by molar-refractivity contribution is 9.10. The van der Waals surface area contributed by atoms with Crippen LogP contribution in [0, 0.1) is 0 Å². The predicted octanol–water partition coefficient (Wildman–Crippen LogP) is 2.52. The Morgan fingerprint density at radius 1 is 1.39 bits per heavy atom. The Morgan fingerprint density at radius 3 is 2.89 bits per heavy atom. The van der Waals surface area contributed by atoms with Gasteiger partial charge in [-0.2, -0.15) is 5.10 Å². The van der Waals surface area contributed by atoms with Gasteiger partial charge in [-0.3, -0.25) is 4.68 Å². The standard InChI is InChI=1S/C12H12BrN3O2/c1-16-6-9(5-15-16)14-4-8-2-11-12(3-10(8)13)18-7-17-11/h2-3,5-6,14H,4,7H2,1H3. The maximum atomic E-state index is 5.36. The topological polar surface area (TPSA) is 48.3 Å². The highest BCUT2D eigenvalue weighted by Gasteiger charge is 2.16. The molecule has 2 aromatic rings. The van der Waals surface area contributed by atoms with Gasteiger partial charge in [-0.1, -0.05) is 15.9 Å². The van der Waals surface area contributed by atoms with Gasteiger partial charge in [0.05, 0.1) is 11.9 Å². The molecule has 1 aromatic heterocycles. The minimum absolute atomic E-state index is 0.293. The summed E-state index contributed by atoms with van der Waals surface area (Å²) in [6.07, 6.45) is 3.72. The molecule has 0 radical (unpaired) electrons. The SMILES string of the molecule is Cn1cc(NCc2cc3c(cc2Br)OCO3)cn1. The minimum Gasteiger partial charge on any atom is -0.454 e. The van der Waals surface area contributed by atoms with Crippen LogP contribution in [0.1, 0.15) is 5.56 Å². The number of hydrogen-bond donors (Lipinski definition) is 1. The van der Waals surface area contributed by atoms with E-state index < -0.39 is 0 Å². The maximum absolute atomic E-state index is 5.36. The van der Waals surface area contributed by atoms with E-state index in [1.807, 2.05) is 25.4 Å². The minimum atomic E-state index is 0.293. The van der Waals surface area contributed by atoms with Gasteiger partial charge in [0, 0.05) is 24.3 Å². The molecular formula is C12H12BrN3O2. The predicted molar refractivity (Wildman–Crippen MR) is 70.8 cm³/mol. The lowest BCUT2D eigenvalue weighted by atomic mass is 10.2. The summed E-state index contributed by atoms with van der Waals surface area (Å²) in [4.78, 5) is 0. The Labute approximate surface area is 113 Å². The number of ether oxygens (including phenoxy) is 2.